The van der Waals surface area contributed by atoms with Crippen LogP contribution in [0.25, 0.3) is 0 Å². The van der Waals surface area contributed by atoms with Gasteiger partial charge in [0.25, 0.3) is 0 Å². The second kappa shape index (κ2) is 4.57. The van der Waals surface area contributed by atoms with Crippen LogP contribution in [0, 0.1) is 0 Å². The highest BCUT2D eigenvalue weighted by Crippen LogP contribution is 2.34. The van der Waals surface area contributed by atoms with Crippen molar-refractivity contribution >= 4 is 5.69 Å². The van der Waals surface area contributed by atoms with E-state index in [9.17, 15) is 0 Å². The van der Waals surface area contributed by atoms with Gasteiger partial charge in [-0.3, -0.25) is 0 Å². The van der Waals surface area contributed by atoms with Crippen LogP contribution in [0.2, 0.25) is 0 Å². The molecule has 0 radical (unpaired) electrons. The van der Waals surface area contributed by atoms with Crippen molar-refractivity contribution < 1.29 is 4.74 Å². The Bertz CT molecular complexity index is 390. The van der Waals surface area contributed by atoms with Crippen molar-refractivity contribution in [2.45, 2.75) is 19.4 Å². The zero-order chi connectivity index (χ0) is 12.5. The van der Waals surface area contributed by atoms with Crippen molar-refractivity contribution in [3.05, 3.63) is 24.3 Å². The van der Waals surface area contributed by atoms with E-state index in [1.807, 2.05) is 12.1 Å². The maximum absolute atomic E-state index is 5.46. The van der Waals surface area contributed by atoms with Crippen molar-refractivity contribution in [3.63, 3.8) is 0 Å². The van der Waals surface area contributed by atoms with E-state index in [1.54, 1.807) is 7.11 Å². The standard InChI is InChI=1S/C14H22N2O/c1-14(2)11-15(3)9-10-16(14)12-7-5-6-8-13(12)17-4/h5-8H,9-11H2,1-4H3. The van der Waals surface area contributed by atoms with Gasteiger partial charge in [0.15, 0.2) is 0 Å². The summed E-state index contributed by atoms with van der Waals surface area (Å²) in [5, 5.41) is 0. The van der Waals surface area contributed by atoms with Crippen molar-refractivity contribution in [1.29, 1.82) is 0 Å². The first-order valence-corrected chi connectivity index (χ1v) is 6.14. The summed E-state index contributed by atoms with van der Waals surface area (Å²) in [5.41, 5.74) is 1.34. The quantitative estimate of drug-likeness (QED) is 0.780. The molecule has 1 aliphatic heterocycles. The average Bonchev–Trinajstić information content (AvgIpc) is 2.28. The van der Waals surface area contributed by atoms with Gasteiger partial charge in [0.2, 0.25) is 0 Å². The lowest BCUT2D eigenvalue weighted by Crippen LogP contribution is -2.58. The molecule has 0 saturated carbocycles. The van der Waals surface area contributed by atoms with Gasteiger partial charge in [-0.1, -0.05) is 12.1 Å². The third kappa shape index (κ3) is 2.39. The molecule has 1 fully saturated rings. The number of hydrogen-bond donors (Lipinski definition) is 0. The van der Waals surface area contributed by atoms with Gasteiger partial charge in [0, 0.05) is 25.2 Å². The van der Waals surface area contributed by atoms with E-state index in [2.05, 4.69) is 42.8 Å². The molecule has 0 unspecified atom stereocenters. The van der Waals surface area contributed by atoms with Gasteiger partial charge < -0.3 is 14.5 Å². The molecular weight excluding hydrogens is 212 g/mol. The van der Waals surface area contributed by atoms with Gasteiger partial charge in [-0.25, -0.2) is 0 Å². The van der Waals surface area contributed by atoms with Crippen LogP contribution in [0.4, 0.5) is 5.69 Å². The Hall–Kier alpha value is -1.22. The van der Waals surface area contributed by atoms with Crippen LogP contribution in [0.5, 0.6) is 5.75 Å². The monoisotopic (exact) mass is 234 g/mol. The lowest BCUT2D eigenvalue weighted by atomic mass is 9.98. The molecule has 0 aliphatic carbocycles. The Kier molecular flexibility index (Phi) is 3.29. The van der Waals surface area contributed by atoms with Crippen LogP contribution in [0.1, 0.15) is 13.8 Å². The Labute approximate surface area is 104 Å². The number of hydrogen-bond acceptors (Lipinski definition) is 3. The molecule has 0 N–H and O–H groups in total. The number of rotatable bonds is 2. The largest absolute Gasteiger partial charge is 0.495 e. The maximum Gasteiger partial charge on any atom is 0.142 e. The van der Waals surface area contributed by atoms with Crippen LogP contribution >= 0.6 is 0 Å². The fraction of sp³-hybridized carbons (Fsp3) is 0.571. The molecular formula is C14H22N2O. The summed E-state index contributed by atoms with van der Waals surface area (Å²) in [6.07, 6.45) is 0. The number of anilines is 1. The normalized spacial score (nSPS) is 20.4. The highest BCUT2D eigenvalue weighted by molar-refractivity contribution is 5.60. The molecule has 3 nitrogen and oxygen atoms in total. The van der Waals surface area contributed by atoms with Crippen LogP contribution in [-0.4, -0.2) is 44.2 Å². The number of methoxy groups -OCH3 is 1. The Balaban J connectivity index is 2.32. The SMILES string of the molecule is COc1ccccc1N1CCN(C)CC1(C)C. The van der Waals surface area contributed by atoms with Crippen LogP contribution < -0.4 is 9.64 Å². The molecule has 1 saturated heterocycles. The van der Waals surface area contributed by atoms with Crippen molar-refractivity contribution in [1.82, 2.24) is 4.90 Å². The summed E-state index contributed by atoms with van der Waals surface area (Å²) < 4.78 is 5.46. The van der Waals surface area contributed by atoms with E-state index < -0.39 is 0 Å². The summed E-state index contributed by atoms with van der Waals surface area (Å²) in [7, 11) is 3.92. The van der Waals surface area contributed by atoms with E-state index in [0.717, 1.165) is 25.4 Å². The molecule has 1 aromatic rings. The first-order valence-electron chi connectivity index (χ1n) is 6.14. The molecule has 0 atom stereocenters. The molecule has 17 heavy (non-hydrogen) atoms. The second-order valence-corrected chi connectivity index (χ2v) is 5.37. The first-order chi connectivity index (χ1) is 8.04. The fourth-order valence-corrected chi connectivity index (χ4v) is 2.70. The Morgan fingerprint density at radius 2 is 1.88 bits per heavy atom. The van der Waals surface area contributed by atoms with Crippen molar-refractivity contribution in [3.8, 4) is 5.75 Å². The zero-order valence-electron chi connectivity index (χ0n) is 11.2. The zero-order valence-corrected chi connectivity index (χ0v) is 11.2. The molecule has 94 valence electrons. The molecule has 1 aliphatic rings. The van der Waals surface area contributed by atoms with E-state index in [1.165, 1.54) is 5.69 Å². The Morgan fingerprint density at radius 3 is 2.53 bits per heavy atom. The smallest absolute Gasteiger partial charge is 0.142 e. The Morgan fingerprint density at radius 1 is 1.18 bits per heavy atom. The molecule has 1 heterocycles. The van der Waals surface area contributed by atoms with E-state index >= 15 is 0 Å². The summed E-state index contributed by atoms with van der Waals surface area (Å²) in [5.74, 6) is 0.963. The summed E-state index contributed by atoms with van der Waals surface area (Å²) in [4.78, 5) is 4.83. The molecule has 0 aromatic heterocycles. The van der Waals surface area contributed by atoms with E-state index in [0.29, 0.717) is 0 Å². The fourth-order valence-electron chi connectivity index (χ4n) is 2.70. The number of ether oxygens (including phenoxy) is 1. The molecule has 0 spiro atoms. The number of piperazine rings is 1. The highest BCUT2D eigenvalue weighted by atomic mass is 16.5. The van der Waals surface area contributed by atoms with Gasteiger partial charge in [-0.15, -0.1) is 0 Å². The topological polar surface area (TPSA) is 15.7 Å². The molecule has 2 rings (SSSR count). The summed E-state index contributed by atoms with van der Waals surface area (Å²) in [6, 6.07) is 8.27. The second-order valence-electron chi connectivity index (χ2n) is 5.37. The van der Waals surface area contributed by atoms with Gasteiger partial charge in [-0.05, 0) is 33.0 Å². The molecule has 1 aromatic carbocycles. The van der Waals surface area contributed by atoms with Crippen molar-refractivity contribution in [2.75, 3.05) is 38.7 Å². The van der Waals surface area contributed by atoms with Gasteiger partial charge in [0.05, 0.1) is 12.8 Å². The number of benzene rings is 1. The van der Waals surface area contributed by atoms with Gasteiger partial charge in [-0.2, -0.15) is 0 Å². The third-order valence-corrected chi connectivity index (χ3v) is 3.47. The average molecular weight is 234 g/mol. The lowest BCUT2D eigenvalue weighted by Gasteiger charge is -2.47. The first kappa shape index (κ1) is 12.2. The third-order valence-electron chi connectivity index (χ3n) is 3.47. The van der Waals surface area contributed by atoms with Gasteiger partial charge >= 0.3 is 0 Å². The minimum Gasteiger partial charge on any atom is -0.495 e. The minimum absolute atomic E-state index is 0.141. The summed E-state index contributed by atoms with van der Waals surface area (Å²) in [6.45, 7) is 7.79. The highest BCUT2D eigenvalue weighted by Gasteiger charge is 2.33. The summed E-state index contributed by atoms with van der Waals surface area (Å²) >= 11 is 0. The predicted octanol–water partition coefficient (Wildman–Crippen LogP) is 2.23. The van der Waals surface area contributed by atoms with Crippen LogP contribution in [0.3, 0.4) is 0 Å². The van der Waals surface area contributed by atoms with Gasteiger partial charge in [0.1, 0.15) is 5.75 Å². The minimum atomic E-state index is 0.141. The van der Waals surface area contributed by atoms with E-state index in [4.69, 9.17) is 4.74 Å². The molecule has 0 amide bonds. The van der Waals surface area contributed by atoms with Crippen LogP contribution in [-0.2, 0) is 0 Å². The maximum atomic E-state index is 5.46. The van der Waals surface area contributed by atoms with Crippen molar-refractivity contribution in [2.24, 2.45) is 0 Å². The molecule has 3 heteroatoms. The van der Waals surface area contributed by atoms with E-state index in [-0.39, 0.29) is 5.54 Å². The van der Waals surface area contributed by atoms with Crippen LogP contribution in [0.15, 0.2) is 24.3 Å². The number of para-hydroxylation sites is 2. The molecule has 0 bridgehead atoms. The predicted molar refractivity (Wildman–Crippen MR) is 71.9 cm³/mol. The lowest BCUT2D eigenvalue weighted by molar-refractivity contribution is 0.217. The number of nitrogens with zero attached hydrogens (tertiary/aromatic N) is 2. The number of likely N-dealkylation sites (N-methyl/N-ethyl adjacent to an activating group) is 1.